The Morgan fingerprint density at radius 1 is 1.56 bits per heavy atom. The van der Waals surface area contributed by atoms with Crippen molar-refractivity contribution in [3.8, 4) is 0 Å². The van der Waals surface area contributed by atoms with Gasteiger partial charge in [-0.1, -0.05) is 13.8 Å². The Labute approximate surface area is 53.9 Å². The Balaban J connectivity index is 2.49. The summed E-state index contributed by atoms with van der Waals surface area (Å²) in [7, 11) is 0. The van der Waals surface area contributed by atoms with Crippen molar-refractivity contribution in [3.63, 3.8) is 0 Å². The SMILES string of the molecule is CC(C)C1NNNC1=O. The third-order valence-corrected chi connectivity index (χ3v) is 1.36. The van der Waals surface area contributed by atoms with Crippen molar-refractivity contribution in [2.45, 2.75) is 19.9 Å². The predicted octanol–water partition coefficient (Wildman–Crippen LogP) is -0.850. The number of hydrogen-bond donors (Lipinski definition) is 3. The Bertz CT molecular complexity index is 123. The summed E-state index contributed by atoms with van der Waals surface area (Å²) in [5, 5.41) is 0. The van der Waals surface area contributed by atoms with Crippen LogP contribution in [0.1, 0.15) is 13.8 Å². The Morgan fingerprint density at radius 3 is 2.44 bits per heavy atom. The van der Waals surface area contributed by atoms with Gasteiger partial charge in [0.25, 0.3) is 5.91 Å². The molecule has 0 aromatic rings. The first-order valence-electron chi connectivity index (χ1n) is 3.02. The fourth-order valence-electron chi connectivity index (χ4n) is 0.788. The van der Waals surface area contributed by atoms with Gasteiger partial charge in [-0.2, -0.15) is 5.53 Å². The summed E-state index contributed by atoms with van der Waals surface area (Å²) in [6, 6.07) is -0.0787. The van der Waals surface area contributed by atoms with E-state index < -0.39 is 0 Å². The second kappa shape index (κ2) is 2.33. The molecule has 4 heteroatoms. The van der Waals surface area contributed by atoms with Crippen LogP contribution in [0.15, 0.2) is 0 Å². The molecule has 0 radical (unpaired) electrons. The molecule has 1 unspecified atom stereocenters. The molecule has 1 saturated heterocycles. The van der Waals surface area contributed by atoms with Gasteiger partial charge in [-0.25, -0.2) is 5.43 Å². The maximum atomic E-state index is 10.8. The van der Waals surface area contributed by atoms with E-state index in [1.807, 2.05) is 13.8 Å². The minimum Gasteiger partial charge on any atom is -0.276 e. The zero-order chi connectivity index (χ0) is 6.85. The quantitative estimate of drug-likeness (QED) is 0.432. The van der Waals surface area contributed by atoms with Crippen LogP contribution in [0.2, 0.25) is 0 Å². The second-order valence-electron chi connectivity index (χ2n) is 2.48. The average Bonchev–Trinajstić information content (AvgIpc) is 2.13. The van der Waals surface area contributed by atoms with Crippen molar-refractivity contribution in [2.24, 2.45) is 5.92 Å². The lowest BCUT2D eigenvalue weighted by molar-refractivity contribution is -0.121. The molecule has 0 aliphatic carbocycles. The van der Waals surface area contributed by atoms with Gasteiger partial charge in [-0.05, 0) is 5.92 Å². The topological polar surface area (TPSA) is 53.2 Å². The highest BCUT2D eigenvalue weighted by Gasteiger charge is 2.25. The zero-order valence-electron chi connectivity index (χ0n) is 5.56. The van der Waals surface area contributed by atoms with Crippen molar-refractivity contribution in [3.05, 3.63) is 0 Å². The van der Waals surface area contributed by atoms with Crippen LogP contribution in [-0.4, -0.2) is 11.9 Å². The van der Waals surface area contributed by atoms with Gasteiger partial charge in [-0.3, -0.25) is 10.2 Å². The molecule has 1 fully saturated rings. The van der Waals surface area contributed by atoms with E-state index in [-0.39, 0.29) is 11.9 Å². The number of rotatable bonds is 1. The van der Waals surface area contributed by atoms with E-state index in [0.29, 0.717) is 5.92 Å². The molecule has 1 heterocycles. The van der Waals surface area contributed by atoms with E-state index >= 15 is 0 Å². The lowest BCUT2D eigenvalue weighted by Gasteiger charge is -2.08. The fraction of sp³-hybridized carbons (Fsp3) is 0.800. The summed E-state index contributed by atoms with van der Waals surface area (Å²) < 4.78 is 0. The third-order valence-electron chi connectivity index (χ3n) is 1.36. The molecule has 1 aliphatic rings. The van der Waals surface area contributed by atoms with Crippen LogP contribution in [0.25, 0.3) is 0 Å². The normalized spacial score (nSPS) is 27.0. The highest BCUT2D eigenvalue weighted by atomic mass is 16.2. The Kier molecular flexibility index (Phi) is 1.68. The molecule has 3 N–H and O–H groups in total. The molecule has 0 saturated carbocycles. The molecule has 0 spiro atoms. The first-order chi connectivity index (χ1) is 4.22. The molecule has 1 aliphatic heterocycles. The number of hydrazine groups is 2. The van der Waals surface area contributed by atoms with E-state index in [9.17, 15) is 4.79 Å². The van der Waals surface area contributed by atoms with Crippen LogP contribution in [0, 0.1) is 5.92 Å². The van der Waals surface area contributed by atoms with Gasteiger partial charge >= 0.3 is 0 Å². The van der Waals surface area contributed by atoms with E-state index in [4.69, 9.17) is 0 Å². The minimum atomic E-state index is -0.0787. The number of carbonyl (C=O) groups is 1. The predicted molar refractivity (Wildman–Crippen MR) is 33.0 cm³/mol. The molecule has 0 aromatic heterocycles. The first-order valence-corrected chi connectivity index (χ1v) is 3.02. The van der Waals surface area contributed by atoms with E-state index in [0.717, 1.165) is 0 Å². The maximum absolute atomic E-state index is 10.8. The van der Waals surface area contributed by atoms with Crippen molar-refractivity contribution in [1.82, 2.24) is 16.4 Å². The highest BCUT2D eigenvalue weighted by Crippen LogP contribution is 2.01. The minimum absolute atomic E-state index is 0.0185. The summed E-state index contributed by atoms with van der Waals surface area (Å²) in [5.41, 5.74) is 7.80. The van der Waals surface area contributed by atoms with Gasteiger partial charge < -0.3 is 0 Å². The summed E-state index contributed by atoms with van der Waals surface area (Å²) in [4.78, 5) is 10.8. The zero-order valence-corrected chi connectivity index (χ0v) is 5.56. The van der Waals surface area contributed by atoms with Crippen LogP contribution >= 0.6 is 0 Å². The van der Waals surface area contributed by atoms with Crippen LogP contribution < -0.4 is 16.4 Å². The average molecular weight is 129 g/mol. The van der Waals surface area contributed by atoms with Crippen molar-refractivity contribution >= 4 is 5.91 Å². The Hall–Kier alpha value is -0.610. The molecule has 52 valence electrons. The fourth-order valence-corrected chi connectivity index (χ4v) is 0.788. The first kappa shape index (κ1) is 6.51. The van der Waals surface area contributed by atoms with E-state index in [2.05, 4.69) is 16.4 Å². The standard InChI is InChI=1S/C5H11N3O/c1-3(2)4-5(9)7-8-6-4/h3-4,6,8H,1-2H3,(H,7,9). The smallest absolute Gasteiger partial charge is 0.253 e. The summed E-state index contributed by atoms with van der Waals surface area (Å²) >= 11 is 0. The lowest BCUT2D eigenvalue weighted by atomic mass is 10.1. The molecule has 0 aromatic carbocycles. The van der Waals surface area contributed by atoms with Crippen LogP contribution in [0.4, 0.5) is 0 Å². The van der Waals surface area contributed by atoms with Crippen LogP contribution in [0.3, 0.4) is 0 Å². The van der Waals surface area contributed by atoms with Crippen LogP contribution in [-0.2, 0) is 4.79 Å². The Morgan fingerprint density at radius 2 is 2.22 bits per heavy atom. The second-order valence-corrected chi connectivity index (χ2v) is 2.48. The van der Waals surface area contributed by atoms with E-state index in [1.54, 1.807) is 0 Å². The lowest BCUT2D eigenvalue weighted by Crippen LogP contribution is -2.36. The van der Waals surface area contributed by atoms with Gasteiger partial charge in [0.05, 0.1) is 0 Å². The van der Waals surface area contributed by atoms with Gasteiger partial charge in [0.15, 0.2) is 0 Å². The summed E-state index contributed by atoms with van der Waals surface area (Å²) in [5.74, 6) is 0.352. The monoisotopic (exact) mass is 129 g/mol. The van der Waals surface area contributed by atoms with Crippen molar-refractivity contribution < 1.29 is 4.79 Å². The molecular weight excluding hydrogens is 118 g/mol. The number of carbonyl (C=O) groups excluding carboxylic acids is 1. The number of amides is 1. The highest BCUT2D eigenvalue weighted by molar-refractivity contribution is 5.82. The van der Waals surface area contributed by atoms with Gasteiger partial charge in [0.1, 0.15) is 6.04 Å². The molecule has 1 amide bonds. The number of nitrogens with one attached hydrogen (secondary N) is 3. The molecule has 9 heavy (non-hydrogen) atoms. The van der Waals surface area contributed by atoms with Crippen molar-refractivity contribution in [1.29, 1.82) is 0 Å². The van der Waals surface area contributed by atoms with Crippen LogP contribution in [0.5, 0.6) is 0 Å². The van der Waals surface area contributed by atoms with Gasteiger partial charge in [-0.15, -0.1) is 0 Å². The van der Waals surface area contributed by atoms with Gasteiger partial charge in [0, 0.05) is 0 Å². The summed E-state index contributed by atoms with van der Waals surface area (Å²) in [6.45, 7) is 3.98. The van der Waals surface area contributed by atoms with E-state index in [1.165, 1.54) is 0 Å². The molecule has 1 rings (SSSR count). The summed E-state index contributed by atoms with van der Waals surface area (Å²) in [6.07, 6.45) is 0. The van der Waals surface area contributed by atoms with Gasteiger partial charge in [0.2, 0.25) is 0 Å². The largest absolute Gasteiger partial charge is 0.276 e. The van der Waals surface area contributed by atoms with Crippen molar-refractivity contribution in [2.75, 3.05) is 0 Å². The molecular formula is C5H11N3O. The number of hydrogen-bond acceptors (Lipinski definition) is 3. The molecule has 0 bridgehead atoms. The molecule has 4 nitrogen and oxygen atoms in total. The third kappa shape index (κ3) is 1.20. The maximum Gasteiger partial charge on any atom is 0.253 e. The molecule has 1 atom stereocenters.